The maximum atomic E-state index is 13.5. The summed E-state index contributed by atoms with van der Waals surface area (Å²) in [6.07, 6.45) is 3.67. The number of carbonyl (C=O) groups excluding carboxylic acids is 2. The van der Waals surface area contributed by atoms with Gasteiger partial charge in [0.05, 0.1) is 7.11 Å². The van der Waals surface area contributed by atoms with E-state index < -0.39 is 12.3 Å². The molecule has 2 amide bonds. The van der Waals surface area contributed by atoms with Crippen LogP contribution in [0.1, 0.15) is 44.1 Å². The number of benzene rings is 2. The third-order valence-electron chi connectivity index (χ3n) is 6.79. The lowest BCUT2D eigenvalue weighted by molar-refractivity contribution is -0.145. The molecule has 0 saturated carbocycles. The van der Waals surface area contributed by atoms with E-state index in [1.807, 2.05) is 35.2 Å². The molecule has 182 valence electrons. The Balaban J connectivity index is 1.32. The first-order chi connectivity index (χ1) is 16.5. The van der Waals surface area contributed by atoms with Crippen molar-refractivity contribution in [2.24, 2.45) is 0 Å². The number of likely N-dealkylation sites (tertiary alicyclic amines) is 2. The van der Waals surface area contributed by atoms with Crippen molar-refractivity contribution in [1.82, 2.24) is 9.80 Å². The highest BCUT2D eigenvalue weighted by Crippen LogP contribution is 2.28. The number of rotatable bonds is 9. The van der Waals surface area contributed by atoms with E-state index >= 15 is 0 Å². The number of ether oxygens (including phenoxy) is 2. The van der Waals surface area contributed by atoms with Gasteiger partial charge in [-0.1, -0.05) is 30.3 Å². The Bertz CT molecular complexity index is 949. The van der Waals surface area contributed by atoms with Crippen molar-refractivity contribution in [3.8, 4) is 11.5 Å². The van der Waals surface area contributed by atoms with Crippen LogP contribution in [-0.4, -0.2) is 65.3 Å². The molecule has 34 heavy (non-hydrogen) atoms. The Morgan fingerprint density at radius 3 is 2.38 bits per heavy atom. The van der Waals surface area contributed by atoms with Crippen molar-refractivity contribution in [2.75, 3.05) is 20.2 Å². The summed E-state index contributed by atoms with van der Waals surface area (Å²) in [5, 5.41) is 10.5. The van der Waals surface area contributed by atoms with Crippen LogP contribution in [0.2, 0.25) is 0 Å². The molecule has 2 aliphatic rings. The van der Waals surface area contributed by atoms with Crippen molar-refractivity contribution in [3.05, 3.63) is 60.2 Å². The Kier molecular flexibility index (Phi) is 8.06. The number of nitrogens with zero attached hydrogens (tertiary/aromatic N) is 2. The summed E-state index contributed by atoms with van der Waals surface area (Å²) in [4.78, 5) is 30.0. The molecule has 4 rings (SSSR count). The molecule has 7 heteroatoms. The molecule has 3 atom stereocenters. The second-order valence-corrected chi connectivity index (χ2v) is 9.04. The fourth-order valence-electron chi connectivity index (χ4n) is 5.02. The number of carbonyl (C=O) groups is 2. The maximum absolute atomic E-state index is 13.5. The molecule has 0 radical (unpaired) electrons. The average molecular weight is 467 g/mol. The van der Waals surface area contributed by atoms with E-state index in [9.17, 15) is 14.7 Å². The van der Waals surface area contributed by atoms with Crippen LogP contribution < -0.4 is 9.47 Å². The number of methoxy groups -OCH3 is 1. The van der Waals surface area contributed by atoms with Crippen molar-refractivity contribution >= 4 is 11.8 Å². The highest BCUT2D eigenvalue weighted by Gasteiger charge is 2.40. The summed E-state index contributed by atoms with van der Waals surface area (Å²) < 4.78 is 10.8. The van der Waals surface area contributed by atoms with Crippen molar-refractivity contribution in [1.29, 1.82) is 0 Å². The van der Waals surface area contributed by atoms with Crippen molar-refractivity contribution in [3.63, 3.8) is 0 Å². The van der Waals surface area contributed by atoms with Gasteiger partial charge in [0, 0.05) is 32.0 Å². The summed E-state index contributed by atoms with van der Waals surface area (Å²) >= 11 is 0. The predicted molar refractivity (Wildman–Crippen MR) is 128 cm³/mol. The van der Waals surface area contributed by atoms with E-state index in [-0.39, 0.29) is 17.9 Å². The number of amides is 2. The molecule has 0 aromatic heterocycles. The van der Waals surface area contributed by atoms with Gasteiger partial charge in [-0.15, -0.1) is 0 Å². The summed E-state index contributed by atoms with van der Waals surface area (Å²) in [7, 11) is 1.60. The molecule has 1 unspecified atom stereocenters. The number of aliphatic hydroxyl groups is 1. The fraction of sp³-hybridized carbons (Fsp3) is 0.481. The summed E-state index contributed by atoms with van der Waals surface area (Å²) in [5.41, 5.74) is 1.13. The standard InChI is InChI=1S/C27H34N2O5/c1-33-22-12-14-23(15-13-22)34-26(31)19-21-9-5-17-28(21)27(32)24-10-6-18-29(24)25(30)16-11-20-7-3-2-4-8-20/h2-4,7-8,12-15,21,24,26,31H,5-6,9-11,16-19H2,1H3/t21-,24+,26?/m0/s1. The molecule has 2 aliphatic heterocycles. The van der Waals surface area contributed by atoms with Gasteiger partial charge in [-0.05, 0) is 61.9 Å². The van der Waals surface area contributed by atoms with Crippen LogP contribution in [0.3, 0.4) is 0 Å². The molecule has 2 heterocycles. The number of hydrogen-bond donors (Lipinski definition) is 1. The van der Waals surface area contributed by atoms with E-state index in [0.29, 0.717) is 50.3 Å². The number of aliphatic hydroxyl groups excluding tert-OH is 1. The minimum atomic E-state index is -1.01. The molecular formula is C27H34N2O5. The largest absolute Gasteiger partial charge is 0.497 e. The minimum Gasteiger partial charge on any atom is -0.497 e. The van der Waals surface area contributed by atoms with Gasteiger partial charge in [0.1, 0.15) is 17.5 Å². The van der Waals surface area contributed by atoms with Crippen LogP contribution in [0.4, 0.5) is 0 Å². The van der Waals surface area contributed by atoms with E-state index in [0.717, 1.165) is 24.8 Å². The Morgan fingerprint density at radius 2 is 1.65 bits per heavy atom. The third-order valence-corrected chi connectivity index (χ3v) is 6.79. The Labute approximate surface area is 201 Å². The van der Waals surface area contributed by atoms with Crippen LogP contribution in [0.25, 0.3) is 0 Å². The van der Waals surface area contributed by atoms with Crippen LogP contribution >= 0.6 is 0 Å². The summed E-state index contributed by atoms with van der Waals surface area (Å²) in [6, 6.07) is 16.5. The van der Waals surface area contributed by atoms with Gasteiger partial charge in [-0.3, -0.25) is 9.59 Å². The quantitative estimate of drug-likeness (QED) is 0.573. The smallest absolute Gasteiger partial charge is 0.245 e. The average Bonchev–Trinajstić information content (AvgIpc) is 3.53. The molecule has 1 N–H and O–H groups in total. The zero-order valence-corrected chi connectivity index (χ0v) is 19.8. The van der Waals surface area contributed by atoms with E-state index in [4.69, 9.17) is 9.47 Å². The SMILES string of the molecule is COc1ccc(OC(O)C[C@@H]2CCCN2C(=O)[C@H]2CCCN2C(=O)CCc2ccccc2)cc1. The van der Waals surface area contributed by atoms with Crippen molar-refractivity contribution < 1.29 is 24.2 Å². The highest BCUT2D eigenvalue weighted by molar-refractivity contribution is 5.88. The first kappa shape index (κ1) is 24.1. The van der Waals surface area contributed by atoms with Crippen molar-refractivity contribution in [2.45, 2.75) is 63.3 Å². The molecule has 2 aromatic rings. The second kappa shape index (κ2) is 11.4. The van der Waals surface area contributed by atoms with Gasteiger partial charge in [0.25, 0.3) is 0 Å². The van der Waals surface area contributed by atoms with Crippen LogP contribution in [0, 0.1) is 0 Å². The van der Waals surface area contributed by atoms with E-state index in [1.165, 1.54) is 0 Å². The second-order valence-electron chi connectivity index (χ2n) is 9.04. The molecule has 0 aliphatic carbocycles. The lowest BCUT2D eigenvalue weighted by Gasteiger charge is -2.32. The molecule has 2 aromatic carbocycles. The maximum Gasteiger partial charge on any atom is 0.245 e. The predicted octanol–water partition coefficient (Wildman–Crippen LogP) is 3.40. The highest BCUT2D eigenvalue weighted by atomic mass is 16.6. The summed E-state index contributed by atoms with van der Waals surface area (Å²) in [5.74, 6) is 1.31. The summed E-state index contributed by atoms with van der Waals surface area (Å²) in [6.45, 7) is 1.28. The van der Waals surface area contributed by atoms with Crippen LogP contribution in [0.15, 0.2) is 54.6 Å². The number of hydrogen-bond acceptors (Lipinski definition) is 5. The van der Waals surface area contributed by atoms with Gasteiger partial charge in [0.2, 0.25) is 11.8 Å². The van der Waals surface area contributed by atoms with E-state index in [1.54, 1.807) is 36.3 Å². The zero-order chi connectivity index (χ0) is 23.9. The monoisotopic (exact) mass is 466 g/mol. The molecule has 2 saturated heterocycles. The Morgan fingerprint density at radius 1 is 0.971 bits per heavy atom. The number of aryl methyl sites for hydroxylation is 1. The van der Waals surface area contributed by atoms with Crippen LogP contribution in [0.5, 0.6) is 11.5 Å². The van der Waals surface area contributed by atoms with Gasteiger partial charge >= 0.3 is 0 Å². The molecule has 7 nitrogen and oxygen atoms in total. The lowest BCUT2D eigenvalue weighted by Crippen LogP contribution is -2.50. The van der Waals surface area contributed by atoms with Gasteiger partial charge in [-0.2, -0.15) is 0 Å². The van der Waals surface area contributed by atoms with E-state index in [2.05, 4.69) is 0 Å². The van der Waals surface area contributed by atoms with Gasteiger partial charge in [0.15, 0.2) is 6.29 Å². The topological polar surface area (TPSA) is 79.3 Å². The molecule has 0 spiro atoms. The first-order valence-corrected chi connectivity index (χ1v) is 12.2. The normalized spacial score (nSPS) is 20.9. The van der Waals surface area contributed by atoms with Crippen LogP contribution in [-0.2, 0) is 16.0 Å². The Hall–Kier alpha value is -3.06. The fourth-order valence-corrected chi connectivity index (χ4v) is 5.02. The molecular weight excluding hydrogens is 432 g/mol. The zero-order valence-electron chi connectivity index (χ0n) is 19.8. The minimum absolute atomic E-state index is 0.00436. The molecule has 2 fully saturated rings. The van der Waals surface area contributed by atoms with Gasteiger partial charge in [-0.25, -0.2) is 0 Å². The lowest BCUT2D eigenvalue weighted by atomic mass is 10.1. The third kappa shape index (κ3) is 5.89. The van der Waals surface area contributed by atoms with Gasteiger partial charge < -0.3 is 24.4 Å². The molecule has 0 bridgehead atoms. The first-order valence-electron chi connectivity index (χ1n) is 12.2.